The third-order valence-corrected chi connectivity index (χ3v) is 3.59. The molecule has 0 heterocycles. The molecule has 1 nitrogen and oxygen atoms in total. The van der Waals surface area contributed by atoms with Gasteiger partial charge in [0, 0.05) is 6.04 Å². The molecule has 0 aromatic heterocycles. The minimum absolute atomic E-state index is 0.554. The van der Waals surface area contributed by atoms with Crippen LogP contribution in [0.25, 0.3) is 0 Å². The fourth-order valence-corrected chi connectivity index (χ4v) is 2.64. The van der Waals surface area contributed by atoms with Gasteiger partial charge in [0.2, 0.25) is 0 Å². The topological polar surface area (TPSA) is 12.0 Å². The van der Waals surface area contributed by atoms with Crippen LogP contribution in [0, 0.1) is 5.92 Å². The second-order valence-electron chi connectivity index (χ2n) is 5.05. The SMILES string of the molecule is C=C(C)C(CC1CCCCCC1)NCC. The Labute approximate surface area is 95.3 Å². The number of hydrogen-bond donors (Lipinski definition) is 1. The molecular weight excluding hydrogens is 182 g/mol. The van der Waals surface area contributed by atoms with E-state index in [0.29, 0.717) is 6.04 Å². The molecule has 1 rings (SSSR count). The lowest BCUT2D eigenvalue weighted by Crippen LogP contribution is -2.31. The summed E-state index contributed by atoms with van der Waals surface area (Å²) in [6.07, 6.45) is 9.98. The van der Waals surface area contributed by atoms with Crippen molar-refractivity contribution < 1.29 is 0 Å². The van der Waals surface area contributed by atoms with Crippen LogP contribution in [0.4, 0.5) is 0 Å². The zero-order valence-electron chi connectivity index (χ0n) is 10.5. The molecule has 0 bridgehead atoms. The second-order valence-corrected chi connectivity index (χ2v) is 5.05. The smallest absolute Gasteiger partial charge is 0.0276 e. The first-order valence-corrected chi connectivity index (χ1v) is 6.62. The summed E-state index contributed by atoms with van der Waals surface area (Å²) in [5.41, 5.74) is 1.31. The molecular formula is C14H27N. The Morgan fingerprint density at radius 3 is 2.33 bits per heavy atom. The highest BCUT2D eigenvalue weighted by Gasteiger charge is 2.17. The standard InChI is InChI=1S/C14H27N/c1-4-15-14(12(2)3)11-13-9-7-5-6-8-10-13/h13-15H,2,4-11H2,1,3H3. The van der Waals surface area contributed by atoms with E-state index in [2.05, 4.69) is 25.7 Å². The van der Waals surface area contributed by atoms with Crippen molar-refractivity contribution in [1.82, 2.24) is 5.32 Å². The molecule has 1 aliphatic rings. The first kappa shape index (κ1) is 12.8. The van der Waals surface area contributed by atoms with Crippen LogP contribution in [0.2, 0.25) is 0 Å². The summed E-state index contributed by atoms with van der Waals surface area (Å²) >= 11 is 0. The lowest BCUT2D eigenvalue weighted by Gasteiger charge is -2.23. The van der Waals surface area contributed by atoms with Crippen molar-refractivity contribution in [2.75, 3.05) is 6.54 Å². The van der Waals surface area contributed by atoms with Gasteiger partial charge in [0.15, 0.2) is 0 Å². The van der Waals surface area contributed by atoms with E-state index in [-0.39, 0.29) is 0 Å². The average Bonchev–Trinajstić information content (AvgIpc) is 2.45. The minimum atomic E-state index is 0.554. The summed E-state index contributed by atoms with van der Waals surface area (Å²) < 4.78 is 0. The Kier molecular flexibility index (Phi) is 6.00. The van der Waals surface area contributed by atoms with E-state index in [4.69, 9.17) is 0 Å². The molecule has 1 atom stereocenters. The summed E-state index contributed by atoms with van der Waals surface area (Å²) in [6.45, 7) is 9.50. The predicted molar refractivity (Wildman–Crippen MR) is 68.1 cm³/mol. The number of likely N-dealkylation sites (N-methyl/N-ethyl adjacent to an activating group) is 1. The molecule has 0 amide bonds. The molecule has 1 fully saturated rings. The van der Waals surface area contributed by atoms with Gasteiger partial charge in [-0.25, -0.2) is 0 Å². The highest BCUT2D eigenvalue weighted by Crippen LogP contribution is 2.27. The van der Waals surface area contributed by atoms with E-state index < -0.39 is 0 Å². The van der Waals surface area contributed by atoms with E-state index in [0.717, 1.165) is 12.5 Å². The van der Waals surface area contributed by atoms with Crippen LogP contribution >= 0.6 is 0 Å². The fraction of sp³-hybridized carbons (Fsp3) is 0.857. The Morgan fingerprint density at radius 2 is 1.87 bits per heavy atom. The predicted octanol–water partition coefficient (Wildman–Crippen LogP) is 3.90. The molecule has 0 aromatic rings. The molecule has 1 aliphatic carbocycles. The van der Waals surface area contributed by atoms with Crippen LogP contribution in [0.1, 0.15) is 58.8 Å². The van der Waals surface area contributed by atoms with Crippen molar-refractivity contribution in [2.45, 2.75) is 64.8 Å². The van der Waals surface area contributed by atoms with Gasteiger partial charge < -0.3 is 5.32 Å². The molecule has 1 N–H and O–H groups in total. The van der Waals surface area contributed by atoms with Crippen molar-refractivity contribution in [2.24, 2.45) is 5.92 Å². The van der Waals surface area contributed by atoms with Crippen molar-refractivity contribution in [3.05, 3.63) is 12.2 Å². The molecule has 0 aromatic carbocycles. The lowest BCUT2D eigenvalue weighted by atomic mass is 9.90. The van der Waals surface area contributed by atoms with Crippen LogP contribution in [-0.2, 0) is 0 Å². The Morgan fingerprint density at radius 1 is 1.27 bits per heavy atom. The first-order chi connectivity index (χ1) is 7.24. The van der Waals surface area contributed by atoms with E-state index in [1.165, 1.54) is 50.5 Å². The van der Waals surface area contributed by atoms with Crippen LogP contribution in [0.15, 0.2) is 12.2 Å². The Hall–Kier alpha value is -0.300. The summed E-state index contributed by atoms with van der Waals surface area (Å²) in [4.78, 5) is 0. The second kappa shape index (κ2) is 7.05. The number of nitrogens with one attached hydrogen (secondary N) is 1. The molecule has 1 unspecified atom stereocenters. The van der Waals surface area contributed by atoms with Gasteiger partial charge in [-0.15, -0.1) is 0 Å². The van der Waals surface area contributed by atoms with Gasteiger partial charge >= 0.3 is 0 Å². The largest absolute Gasteiger partial charge is 0.311 e. The van der Waals surface area contributed by atoms with Gasteiger partial charge in [-0.2, -0.15) is 0 Å². The Balaban J connectivity index is 2.37. The van der Waals surface area contributed by atoms with Gasteiger partial charge in [0.1, 0.15) is 0 Å². The molecule has 0 aliphatic heterocycles. The third kappa shape index (κ3) is 4.83. The normalized spacial score (nSPS) is 20.9. The maximum atomic E-state index is 4.10. The van der Waals surface area contributed by atoms with E-state index >= 15 is 0 Å². The lowest BCUT2D eigenvalue weighted by molar-refractivity contribution is 0.377. The van der Waals surface area contributed by atoms with Crippen LogP contribution in [0.3, 0.4) is 0 Å². The summed E-state index contributed by atoms with van der Waals surface area (Å²) in [5, 5.41) is 3.55. The number of rotatable bonds is 5. The van der Waals surface area contributed by atoms with Gasteiger partial charge in [-0.3, -0.25) is 0 Å². The van der Waals surface area contributed by atoms with E-state index in [1.807, 2.05) is 0 Å². The Bertz CT molecular complexity index is 178. The zero-order chi connectivity index (χ0) is 11.1. The molecule has 88 valence electrons. The first-order valence-electron chi connectivity index (χ1n) is 6.62. The van der Waals surface area contributed by atoms with Gasteiger partial charge in [0.05, 0.1) is 0 Å². The van der Waals surface area contributed by atoms with Crippen molar-refractivity contribution in [3.63, 3.8) is 0 Å². The molecule has 15 heavy (non-hydrogen) atoms. The molecule has 1 saturated carbocycles. The van der Waals surface area contributed by atoms with Crippen molar-refractivity contribution >= 4 is 0 Å². The van der Waals surface area contributed by atoms with E-state index in [9.17, 15) is 0 Å². The number of hydrogen-bond acceptors (Lipinski definition) is 1. The third-order valence-electron chi connectivity index (χ3n) is 3.59. The molecule has 0 saturated heterocycles. The van der Waals surface area contributed by atoms with Crippen molar-refractivity contribution in [3.8, 4) is 0 Å². The van der Waals surface area contributed by atoms with Gasteiger partial charge in [-0.1, -0.05) is 57.6 Å². The van der Waals surface area contributed by atoms with Crippen LogP contribution in [-0.4, -0.2) is 12.6 Å². The molecule has 1 heteroatoms. The van der Waals surface area contributed by atoms with Gasteiger partial charge in [-0.05, 0) is 25.8 Å². The minimum Gasteiger partial charge on any atom is -0.311 e. The maximum absolute atomic E-state index is 4.10. The van der Waals surface area contributed by atoms with Crippen LogP contribution in [0.5, 0.6) is 0 Å². The van der Waals surface area contributed by atoms with Gasteiger partial charge in [0.25, 0.3) is 0 Å². The van der Waals surface area contributed by atoms with Crippen molar-refractivity contribution in [1.29, 1.82) is 0 Å². The van der Waals surface area contributed by atoms with E-state index in [1.54, 1.807) is 0 Å². The highest BCUT2D eigenvalue weighted by atomic mass is 14.9. The molecule has 0 spiro atoms. The van der Waals surface area contributed by atoms with Crippen LogP contribution < -0.4 is 5.32 Å². The summed E-state index contributed by atoms with van der Waals surface area (Å²) in [6, 6.07) is 0.554. The zero-order valence-corrected chi connectivity index (χ0v) is 10.5. The summed E-state index contributed by atoms with van der Waals surface area (Å²) in [7, 11) is 0. The average molecular weight is 209 g/mol. The maximum Gasteiger partial charge on any atom is 0.0276 e. The molecule has 0 radical (unpaired) electrons. The quantitative estimate of drug-likeness (QED) is 0.535. The monoisotopic (exact) mass is 209 g/mol. The summed E-state index contributed by atoms with van der Waals surface area (Å²) in [5.74, 6) is 0.938. The highest BCUT2D eigenvalue weighted by molar-refractivity contribution is 5.02. The fourth-order valence-electron chi connectivity index (χ4n) is 2.64.